The molecule has 0 aliphatic rings. The van der Waals surface area contributed by atoms with Crippen LogP contribution in [0.3, 0.4) is 0 Å². The summed E-state index contributed by atoms with van der Waals surface area (Å²) < 4.78 is 69.9. The van der Waals surface area contributed by atoms with Gasteiger partial charge in [0.05, 0.1) is 0 Å². The average Bonchev–Trinajstić information content (AvgIpc) is 2.35. The summed E-state index contributed by atoms with van der Waals surface area (Å²) in [6.07, 6.45) is 0.281. The van der Waals surface area contributed by atoms with E-state index in [4.69, 9.17) is 0 Å². The molecule has 0 saturated heterocycles. The summed E-state index contributed by atoms with van der Waals surface area (Å²) in [5.74, 6) is -4.20. The van der Waals surface area contributed by atoms with Crippen molar-refractivity contribution >= 4 is 16.2 Å². The number of hydrogen-bond donors (Lipinski definition) is 0. The summed E-state index contributed by atoms with van der Waals surface area (Å²) >= 11 is 0. The van der Waals surface area contributed by atoms with Gasteiger partial charge in [-0.15, -0.1) is 0 Å². The first-order chi connectivity index (χ1) is 8.66. The molecule has 0 radical (unpaired) electrons. The second-order valence-electron chi connectivity index (χ2n) is 4.02. The molecule has 1 atom stereocenters. The standard InChI is InChI=1S/C12H13F3O3S.Na/c1-2-9-3-5-10(6-4-9)7-8-12(14,15)11(13)19(16,17)18;/h2-6,11H,1,7-8H2,(H,16,17,18);/q;+1/p-1. The molecule has 8 heteroatoms. The molecule has 0 aromatic heterocycles. The second-order valence-corrected chi connectivity index (χ2v) is 5.42. The Hall–Kier alpha value is -0.340. The number of hydrogen-bond acceptors (Lipinski definition) is 3. The zero-order valence-corrected chi connectivity index (χ0v) is 13.7. The van der Waals surface area contributed by atoms with E-state index in [0.29, 0.717) is 5.56 Å². The van der Waals surface area contributed by atoms with Gasteiger partial charge in [0.15, 0.2) is 0 Å². The predicted octanol–water partition coefficient (Wildman–Crippen LogP) is -0.258. The zero-order valence-electron chi connectivity index (χ0n) is 10.9. The summed E-state index contributed by atoms with van der Waals surface area (Å²) in [6, 6.07) is 6.37. The summed E-state index contributed by atoms with van der Waals surface area (Å²) in [4.78, 5) is 0. The minimum Gasteiger partial charge on any atom is -0.746 e. The smallest absolute Gasteiger partial charge is 0.746 e. The fourth-order valence-corrected chi connectivity index (χ4v) is 2.00. The molecule has 106 valence electrons. The Bertz CT molecular complexity index is 544. The quantitative estimate of drug-likeness (QED) is 0.537. The summed E-state index contributed by atoms with van der Waals surface area (Å²) in [7, 11) is -5.66. The maximum absolute atomic E-state index is 13.2. The predicted molar refractivity (Wildman–Crippen MR) is 64.4 cm³/mol. The Kier molecular flexibility index (Phi) is 7.48. The van der Waals surface area contributed by atoms with E-state index >= 15 is 0 Å². The van der Waals surface area contributed by atoms with Crippen LogP contribution in [0.2, 0.25) is 0 Å². The number of rotatable bonds is 6. The molecule has 20 heavy (non-hydrogen) atoms. The van der Waals surface area contributed by atoms with E-state index in [0.717, 1.165) is 5.56 Å². The average molecular weight is 316 g/mol. The van der Waals surface area contributed by atoms with Crippen LogP contribution in [0.4, 0.5) is 13.2 Å². The number of halogens is 3. The van der Waals surface area contributed by atoms with Crippen molar-refractivity contribution < 1.29 is 55.7 Å². The van der Waals surface area contributed by atoms with E-state index < -0.39 is 28.0 Å². The van der Waals surface area contributed by atoms with Crippen molar-refractivity contribution in [1.29, 1.82) is 0 Å². The summed E-state index contributed by atoms with van der Waals surface area (Å²) in [5, 5.41) is 0. The van der Waals surface area contributed by atoms with E-state index in [1.807, 2.05) is 0 Å². The molecule has 3 nitrogen and oxygen atoms in total. The zero-order chi connectivity index (χ0) is 14.7. The van der Waals surface area contributed by atoms with Gasteiger partial charge in [-0.2, -0.15) is 0 Å². The van der Waals surface area contributed by atoms with Crippen LogP contribution < -0.4 is 29.6 Å². The molecule has 1 rings (SSSR count). The van der Waals surface area contributed by atoms with Crippen LogP contribution in [0.5, 0.6) is 0 Å². The molecule has 0 amide bonds. The van der Waals surface area contributed by atoms with Crippen LogP contribution in [0.1, 0.15) is 17.5 Å². The molecule has 0 heterocycles. The van der Waals surface area contributed by atoms with E-state index in [1.165, 1.54) is 0 Å². The molecule has 0 fully saturated rings. The van der Waals surface area contributed by atoms with Crippen LogP contribution in [0, 0.1) is 0 Å². The van der Waals surface area contributed by atoms with Crippen molar-refractivity contribution in [1.82, 2.24) is 0 Å². The van der Waals surface area contributed by atoms with E-state index in [9.17, 15) is 26.1 Å². The molecule has 0 aliphatic carbocycles. The van der Waals surface area contributed by atoms with Crippen molar-refractivity contribution in [3.05, 3.63) is 42.0 Å². The van der Waals surface area contributed by atoms with Gasteiger partial charge in [0, 0.05) is 6.42 Å². The molecule has 0 saturated carbocycles. The molecule has 0 bridgehead atoms. The molecule has 0 N–H and O–H groups in total. The normalized spacial score (nSPS) is 13.4. The Morgan fingerprint density at radius 3 is 2.20 bits per heavy atom. The van der Waals surface area contributed by atoms with Gasteiger partial charge in [-0.25, -0.2) is 21.6 Å². The van der Waals surface area contributed by atoms with Crippen LogP contribution >= 0.6 is 0 Å². The van der Waals surface area contributed by atoms with Gasteiger partial charge in [-0.1, -0.05) is 36.9 Å². The SMILES string of the molecule is C=Cc1ccc(CCC(F)(F)C(F)S(=O)(=O)[O-])cc1.[Na+]. The Morgan fingerprint density at radius 2 is 1.80 bits per heavy atom. The third kappa shape index (κ3) is 5.57. The molecule has 0 aliphatic heterocycles. The third-order valence-corrected chi connectivity index (χ3v) is 3.40. The van der Waals surface area contributed by atoms with Crippen molar-refractivity contribution in [2.45, 2.75) is 24.3 Å². The monoisotopic (exact) mass is 316 g/mol. The third-order valence-electron chi connectivity index (χ3n) is 2.55. The fraction of sp³-hybridized carbons (Fsp3) is 0.333. The molecule has 0 spiro atoms. The van der Waals surface area contributed by atoms with Crippen LogP contribution in [0.15, 0.2) is 30.8 Å². The van der Waals surface area contributed by atoms with Crippen LogP contribution in [0.25, 0.3) is 6.08 Å². The number of alkyl halides is 3. The minimum atomic E-state index is -5.66. The van der Waals surface area contributed by atoms with Gasteiger partial charge in [0.2, 0.25) is 0 Å². The molecular formula is C12H12F3NaO3S. The Balaban J connectivity index is 0.00000361. The summed E-state index contributed by atoms with van der Waals surface area (Å²) in [6.45, 7) is 3.53. The van der Waals surface area contributed by atoms with Gasteiger partial charge in [0.25, 0.3) is 11.4 Å². The van der Waals surface area contributed by atoms with E-state index in [-0.39, 0.29) is 36.0 Å². The molecular weight excluding hydrogens is 304 g/mol. The van der Waals surface area contributed by atoms with Gasteiger partial charge in [-0.3, -0.25) is 0 Å². The van der Waals surface area contributed by atoms with Crippen molar-refractivity contribution in [2.75, 3.05) is 0 Å². The number of aryl methyl sites for hydroxylation is 1. The minimum absolute atomic E-state index is 0. The molecule has 1 unspecified atom stereocenters. The molecule has 1 aromatic rings. The topological polar surface area (TPSA) is 57.2 Å². The van der Waals surface area contributed by atoms with Crippen molar-refractivity contribution in [2.24, 2.45) is 0 Å². The van der Waals surface area contributed by atoms with Gasteiger partial charge in [0.1, 0.15) is 10.1 Å². The maximum atomic E-state index is 13.2. The van der Waals surface area contributed by atoms with Crippen LogP contribution in [-0.2, 0) is 16.5 Å². The van der Waals surface area contributed by atoms with Crippen molar-refractivity contribution in [3.8, 4) is 0 Å². The fourth-order valence-electron chi connectivity index (χ4n) is 1.46. The number of benzene rings is 1. The Morgan fingerprint density at radius 1 is 1.30 bits per heavy atom. The second kappa shape index (κ2) is 7.61. The van der Waals surface area contributed by atoms with Crippen molar-refractivity contribution in [3.63, 3.8) is 0 Å². The first-order valence-electron chi connectivity index (χ1n) is 5.35. The summed E-state index contributed by atoms with van der Waals surface area (Å²) in [5.41, 5.74) is -2.44. The van der Waals surface area contributed by atoms with E-state index in [2.05, 4.69) is 6.58 Å². The Labute approximate surface area is 137 Å². The van der Waals surface area contributed by atoms with Gasteiger partial charge in [-0.05, 0) is 17.5 Å². The van der Waals surface area contributed by atoms with E-state index in [1.54, 1.807) is 30.3 Å². The van der Waals surface area contributed by atoms with Crippen LogP contribution in [-0.4, -0.2) is 24.4 Å². The first kappa shape index (κ1) is 19.7. The largest absolute Gasteiger partial charge is 1.00 e. The van der Waals surface area contributed by atoms with Gasteiger partial charge < -0.3 is 4.55 Å². The first-order valence-corrected chi connectivity index (χ1v) is 6.82. The maximum Gasteiger partial charge on any atom is 1.00 e. The molecule has 1 aromatic carbocycles. The van der Waals surface area contributed by atoms with Gasteiger partial charge >= 0.3 is 29.6 Å².